The SMILES string of the molecule is COCCCN1COc2ccc3c(=O)c(Oc4ccccc4Br)coc3c2C1. The van der Waals surface area contributed by atoms with Gasteiger partial charge in [-0.15, -0.1) is 0 Å². The van der Waals surface area contributed by atoms with Crippen molar-refractivity contribution in [3.05, 3.63) is 62.9 Å². The Bertz CT molecular complexity index is 1050. The smallest absolute Gasteiger partial charge is 0.235 e. The minimum absolute atomic E-state index is 0.146. The molecule has 0 saturated heterocycles. The molecule has 1 aliphatic rings. The first kappa shape index (κ1) is 19.0. The molecule has 2 heterocycles. The number of para-hydroxylation sites is 1. The summed E-state index contributed by atoms with van der Waals surface area (Å²) in [5, 5.41) is 0.477. The Morgan fingerprint density at radius 2 is 2.04 bits per heavy atom. The van der Waals surface area contributed by atoms with Crippen molar-refractivity contribution >= 4 is 26.9 Å². The highest BCUT2D eigenvalue weighted by molar-refractivity contribution is 9.10. The molecule has 0 saturated carbocycles. The fraction of sp³-hybridized carbons (Fsp3) is 0.286. The fourth-order valence-electron chi connectivity index (χ4n) is 3.23. The Morgan fingerprint density at radius 3 is 2.86 bits per heavy atom. The van der Waals surface area contributed by atoms with Gasteiger partial charge in [0.15, 0.2) is 0 Å². The van der Waals surface area contributed by atoms with Crippen molar-refractivity contribution in [2.75, 3.05) is 27.0 Å². The largest absolute Gasteiger partial charge is 0.478 e. The number of nitrogens with zero attached hydrogens (tertiary/aromatic N) is 1. The lowest BCUT2D eigenvalue weighted by Crippen LogP contribution is -2.33. The van der Waals surface area contributed by atoms with Crippen LogP contribution in [-0.4, -0.2) is 31.9 Å². The Balaban J connectivity index is 1.66. The van der Waals surface area contributed by atoms with E-state index in [9.17, 15) is 4.79 Å². The Kier molecular flexibility index (Phi) is 5.66. The number of ether oxygens (including phenoxy) is 3. The van der Waals surface area contributed by atoms with Crippen LogP contribution in [0.15, 0.2) is 56.3 Å². The topological polar surface area (TPSA) is 61.1 Å². The van der Waals surface area contributed by atoms with Crippen LogP contribution in [0.25, 0.3) is 11.0 Å². The van der Waals surface area contributed by atoms with Crippen LogP contribution in [0.2, 0.25) is 0 Å². The van der Waals surface area contributed by atoms with Crippen molar-refractivity contribution in [1.29, 1.82) is 0 Å². The second kappa shape index (κ2) is 8.34. The van der Waals surface area contributed by atoms with E-state index in [1.54, 1.807) is 19.2 Å². The Labute approximate surface area is 170 Å². The second-order valence-corrected chi connectivity index (χ2v) is 7.41. The van der Waals surface area contributed by atoms with Crippen molar-refractivity contribution in [2.45, 2.75) is 13.0 Å². The van der Waals surface area contributed by atoms with Gasteiger partial charge in [-0.05, 0) is 46.6 Å². The van der Waals surface area contributed by atoms with Crippen molar-refractivity contribution in [2.24, 2.45) is 0 Å². The van der Waals surface area contributed by atoms with Gasteiger partial charge in [0.05, 0.1) is 15.4 Å². The van der Waals surface area contributed by atoms with Gasteiger partial charge in [0, 0.05) is 26.8 Å². The highest BCUT2D eigenvalue weighted by Crippen LogP contribution is 2.33. The monoisotopic (exact) mass is 445 g/mol. The van der Waals surface area contributed by atoms with E-state index < -0.39 is 0 Å². The molecule has 3 aromatic rings. The summed E-state index contributed by atoms with van der Waals surface area (Å²) in [7, 11) is 1.69. The van der Waals surface area contributed by atoms with Gasteiger partial charge in [-0.2, -0.15) is 0 Å². The third-order valence-corrected chi connectivity index (χ3v) is 5.29. The van der Waals surface area contributed by atoms with E-state index in [-0.39, 0.29) is 11.2 Å². The third kappa shape index (κ3) is 3.78. The summed E-state index contributed by atoms with van der Waals surface area (Å²) in [5.41, 5.74) is 1.21. The van der Waals surface area contributed by atoms with E-state index in [4.69, 9.17) is 18.6 Å². The van der Waals surface area contributed by atoms with E-state index in [0.29, 0.717) is 36.6 Å². The molecule has 0 N–H and O–H groups in total. The maximum absolute atomic E-state index is 13.0. The number of hydrogen-bond donors (Lipinski definition) is 0. The van der Waals surface area contributed by atoms with Gasteiger partial charge in [0.2, 0.25) is 11.2 Å². The van der Waals surface area contributed by atoms with Crippen LogP contribution in [0.5, 0.6) is 17.2 Å². The van der Waals surface area contributed by atoms with Crippen LogP contribution < -0.4 is 14.9 Å². The van der Waals surface area contributed by atoms with Crippen molar-refractivity contribution in [3.63, 3.8) is 0 Å². The molecule has 6 nitrogen and oxygen atoms in total. The molecule has 2 aromatic carbocycles. The predicted molar refractivity (Wildman–Crippen MR) is 109 cm³/mol. The zero-order valence-electron chi connectivity index (χ0n) is 15.4. The summed E-state index contributed by atoms with van der Waals surface area (Å²) in [6, 6.07) is 10.9. The third-order valence-electron chi connectivity index (χ3n) is 4.63. The maximum atomic E-state index is 13.0. The molecule has 1 aliphatic heterocycles. The van der Waals surface area contributed by atoms with Gasteiger partial charge < -0.3 is 18.6 Å². The first-order valence-electron chi connectivity index (χ1n) is 9.01. The van der Waals surface area contributed by atoms with Gasteiger partial charge in [-0.1, -0.05) is 12.1 Å². The average molecular weight is 446 g/mol. The molecule has 7 heteroatoms. The molecular formula is C21H20BrNO5. The number of methoxy groups -OCH3 is 1. The summed E-state index contributed by atoms with van der Waals surface area (Å²) in [6.45, 7) is 2.71. The minimum Gasteiger partial charge on any atom is -0.478 e. The lowest BCUT2D eigenvalue weighted by atomic mass is 10.1. The highest BCUT2D eigenvalue weighted by atomic mass is 79.9. The Hall–Kier alpha value is -2.35. The van der Waals surface area contributed by atoms with Crippen molar-refractivity contribution < 1.29 is 18.6 Å². The summed E-state index contributed by atoms with van der Waals surface area (Å²) in [5.74, 6) is 1.45. The molecule has 0 bridgehead atoms. The molecule has 0 aliphatic carbocycles. The minimum atomic E-state index is -0.212. The van der Waals surface area contributed by atoms with Crippen LogP contribution in [-0.2, 0) is 11.3 Å². The first-order chi connectivity index (χ1) is 13.7. The molecule has 0 spiro atoms. The van der Waals surface area contributed by atoms with Crippen LogP contribution in [0.3, 0.4) is 0 Å². The number of rotatable bonds is 6. The standard InChI is InChI=1S/C21H20BrNO5/c1-25-10-4-9-23-11-15-17(27-13-23)8-7-14-20(24)19(12-26-21(14)15)28-18-6-3-2-5-16(18)22/h2-3,5-8,12H,4,9-11,13H2,1H3. The summed E-state index contributed by atoms with van der Waals surface area (Å²) in [6.07, 6.45) is 2.28. The van der Waals surface area contributed by atoms with E-state index >= 15 is 0 Å². The zero-order chi connectivity index (χ0) is 19.5. The van der Waals surface area contributed by atoms with Gasteiger partial charge in [-0.25, -0.2) is 0 Å². The first-order valence-corrected chi connectivity index (χ1v) is 9.80. The molecule has 0 amide bonds. The molecule has 0 radical (unpaired) electrons. The molecule has 28 heavy (non-hydrogen) atoms. The average Bonchev–Trinajstić information content (AvgIpc) is 2.71. The normalized spacial score (nSPS) is 13.9. The molecule has 146 valence electrons. The van der Waals surface area contributed by atoms with Crippen LogP contribution in [0.4, 0.5) is 0 Å². The van der Waals surface area contributed by atoms with Gasteiger partial charge in [-0.3, -0.25) is 9.69 Å². The van der Waals surface area contributed by atoms with Gasteiger partial charge in [0.25, 0.3) is 0 Å². The molecule has 0 atom stereocenters. The van der Waals surface area contributed by atoms with Gasteiger partial charge in [0.1, 0.15) is 30.1 Å². The number of benzene rings is 2. The maximum Gasteiger partial charge on any atom is 0.235 e. The quantitative estimate of drug-likeness (QED) is 0.519. The molecule has 0 fully saturated rings. The van der Waals surface area contributed by atoms with E-state index in [2.05, 4.69) is 20.8 Å². The summed E-state index contributed by atoms with van der Waals surface area (Å²) >= 11 is 3.42. The van der Waals surface area contributed by atoms with Crippen molar-refractivity contribution in [3.8, 4) is 17.2 Å². The fourth-order valence-corrected chi connectivity index (χ4v) is 3.60. The van der Waals surface area contributed by atoms with Gasteiger partial charge >= 0.3 is 0 Å². The van der Waals surface area contributed by atoms with Crippen LogP contribution in [0.1, 0.15) is 12.0 Å². The van der Waals surface area contributed by atoms with E-state index in [1.807, 2.05) is 24.3 Å². The Morgan fingerprint density at radius 1 is 1.18 bits per heavy atom. The highest BCUT2D eigenvalue weighted by Gasteiger charge is 2.22. The van der Waals surface area contributed by atoms with Crippen molar-refractivity contribution in [1.82, 2.24) is 4.90 Å². The summed E-state index contributed by atoms with van der Waals surface area (Å²) < 4.78 is 23.3. The summed E-state index contributed by atoms with van der Waals surface area (Å²) in [4.78, 5) is 15.1. The molecule has 4 rings (SSSR count). The molecule has 0 unspecified atom stereocenters. The van der Waals surface area contributed by atoms with E-state index in [1.165, 1.54) is 6.26 Å². The van der Waals surface area contributed by atoms with Crippen LogP contribution in [0, 0.1) is 0 Å². The number of halogens is 1. The zero-order valence-corrected chi connectivity index (χ0v) is 17.0. The lowest BCUT2D eigenvalue weighted by molar-refractivity contribution is 0.0838. The molecular weight excluding hydrogens is 426 g/mol. The second-order valence-electron chi connectivity index (χ2n) is 6.55. The number of hydrogen-bond acceptors (Lipinski definition) is 6. The van der Waals surface area contributed by atoms with E-state index in [0.717, 1.165) is 28.8 Å². The lowest BCUT2D eigenvalue weighted by Gasteiger charge is -2.29. The predicted octanol–water partition coefficient (Wildman–Crippen LogP) is 4.54. The number of fused-ring (bicyclic) bond motifs is 3. The molecule has 1 aromatic heterocycles. The van der Waals surface area contributed by atoms with Crippen LogP contribution >= 0.6 is 15.9 Å².